The van der Waals surface area contributed by atoms with Crippen molar-refractivity contribution < 1.29 is 22.7 Å². The van der Waals surface area contributed by atoms with Crippen molar-refractivity contribution in [2.45, 2.75) is 36.7 Å². The SMILES string of the molecule is O=C(Nc1ccccc1N1CCCC1=O)c1ccc(Cl)c(S(=O)(=O)NCC2CCCO2)c1. The molecule has 2 aromatic rings. The third-order valence-electron chi connectivity index (χ3n) is 5.52. The largest absolute Gasteiger partial charge is 0.377 e. The summed E-state index contributed by atoms with van der Waals surface area (Å²) in [5.74, 6) is -0.500. The number of halogens is 1. The molecule has 0 saturated carbocycles. The van der Waals surface area contributed by atoms with E-state index in [0.717, 1.165) is 19.3 Å². The summed E-state index contributed by atoms with van der Waals surface area (Å²) >= 11 is 6.14. The molecule has 0 spiro atoms. The first-order chi connectivity index (χ1) is 15.3. The van der Waals surface area contributed by atoms with Gasteiger partial charge in [0, 0.05) is 31.7 Å². The van der Waals surface area contributed by atoms with E-state index in [1.54, 1.807) is 29.2 Å². The van der Waals surface area contributed by atoms with E-state index < -0.39 is 15.9 Å². The van der Waals surface area contributed by atoms with Crippen LogP contribution < -0.4 is 14.9 Å². The number of para-hydroxylation sites is 2. The lowest BCUT2D eigenvalue weighted by atomic mass is 10.2. The lowest BCUT2D eigenvalue weighted by molar-refractivity contribution is -0.117. The molecule has 0 radical (unpaired) electrons. The molecule has 1 unspecified atom stereocenters. The maximum Gasteiger partial charge on any atom is 0.255 e. The van der Waals surface area contributed by atoms with E-state index in [-0.39, 0.29) is 34.0 Å². The zero-order chi connectivity index (χ0) is 22.7. The topological polar surface area (TPSA) is 105 Å². The molecule has 2 aliphatic rings. The number of carbonyl (C=O) groups excluding carboxylic acids is 2. The second-order valence-corrected chi connectivity index (χ2v) is 9.89. The molecular formula is C22H24ClN3O5S. The molecule has 10 heteroatoms. The van der Waals surface area contributed by atoms with Gasteiger partial charge in [0.2, 0.25) is 15.9 Å². The quantitative estimate of drug-likeness (QED) is 0.637. The van der Waals surface area contributed by atoms with Crippen LogP contribution in [0, 0.1) is 0 Å². The highest BCUT2D eigenvalue weighted by Crippen LogP contribution is 2.30. The summed E-state index contributed by atoms with van der Waals surface area (Å²) in [4.78, 5) is 26.5. The zero-order valence-corrected chi connectivity index (χ0v) is 18.9. The van der Waals surface area contributed by atoms with Crippen LogP contribution in [0.15, 0.2) is 47.4 Å². The first kappa shape index (κ1) is 22.7. The summed E-state index contributed by atoms with van der Waals surface area (Å²) in [5, 5.41) is 2.81. The normalized spacial score (nSPS) is 18.8. The lowest BCUT2D eigenvalue weighted by Crippen LogP contribution is -2.32. The van der Waals surface area contributed by atoms with Gasteiger partial charge in [0.25, 0.3) is 5.91 Å². The van der Waals surface area contributed by atoms with Gasteiger partial charge in [-0.25, -0.2) is 13.1 Å². The molecule has 4 rings (SSSR count). The Balaban J connectivity index is 1.53. The highest BCUT2D eigenvalue weighted by Gasteiger charge is 2.26. The molecule has 2 heterocycles. The standard InChI is InChI=1S/C22H24ClN3O5S/c23-17-10-9-15(13-20(17)32(29,30)24-14-16-5-4-12-31-16)22(28)25-18-6-1-2-7-19(18)26-11-3-8-21(26)27/h1-2,6-7,9-10,13,16,24H,3-5,8,11-12,14H2,(H,25,28). The van der Waals surface area contributed by atoms with Crippen LogP contribution in [0.4, 0.5) is 11.4 Å². The van der Waals surface area contributed by atoms with Gasteiger partial charge in [-0.15, -0.1) is 0 Å². The molecule has 2 aliphatic heterocycles. The number of rotatable bonds is 7. The van der Waals surface area contributed by atoms with Crippen LogP contribution in [0.3, 0.4) is 0 Å². The van der Waals surface area contributed by atoms with E-state index in [9.17, 15) is 18.0 Å². The summed E-state index contributed by atoms with van der Waals surface area (Å²) in [6.45, 7) is 1.35. The average Bonchev–Trinajstić information content (AvgIpc) is 3.44. The Morgan fingerprint density at radius 1 is 1.19 bits per heavy atom. The first-order valence-electron chi connectivity index (χ1n) is 10.5. The van der Waals surface area contributed by atoms with Crippen molar-refractivity contribution in [2.24, 2.45) is 0 Å². The van der Waals surface area contributed by atoms with Crippen molar-refractivity contribution in [3.8, 4) is 0 Å². The van der Waals surface area contributed by atoms with E-state index >= 15 is 0 Å². The fraction of sp³-hybridized carbons (Fsp3) is 0.364. The van der Waals surface area contributed by atoms with Crippen LogP contribution in [0.1, 0.15) is 36.0 Å². The average molecular weight is 478 g/mol. The van der Waals surface area contributed by atoms with Gasteiger partial charge in [-0.1, -0.05) is 23.7 Å². The van der Waals surface area contributed by atoms with Gasteiger partial charge in [0.15, 0.2) is 0 Å². The van der Waals surface area contributed by atoms with Gasteiger partial charge in [0.05, 0.1) is 22.5 Å². The molecule has 0 bridgehead atoms. The molecule has 0 aromatic heterocycles. The van der Waals surface area contributed by atoms with Crippen molar-refractivity contribution >= 4 is 44.8 Å². The molecule has 2 amide bonds. The Hall–Kier alpha value is -2.46. The second-order valence-electron chi connectivity index (χ2n) is 7.75. The maximum atomic E-state index is 12.9. The van der Waals surface area contributed by atoms with Gasteiger partial charge in [-0.05, 0) is 49.6 Å². The monoisotopic (exact) mass is 477 g/mol. The minimum absolute atomic E-state index is 0.00360. The zero-order valence-electron chi connectivity index (χ0n) is 17.3. The Kier molecular flexibility index (Phi) is 6.80. The van der Waals surface area contributed by atoms with Gasteiger partial charge in [-0.2, -0.15) is 0 Å². The predicted molar refractivity (Wildman–Crippen MR) is 122 cm³/mol. The molecule has 1 atom stereocenters. The van der Waals surface area contributed by atoms with Crippen LogP contribution >= 0.6 is 11.6 Å². The van der Waals surface area contributed by atoms with Crippen molar-refractivity contribution in [3.05, 3.63) is 53.1 Å². The third-order valence-corrected chi connectivity index (χ3v) is 7.43. The summed E-state index contributed by atoms with van der Waals surface area (Å²) in [7, 11) is -3.93. The van der Waals surface area contributed by atoms with Gasteiger partial charge in [0.1, 0.15) is 4.90 Å². The number of sulfonamides is 1. The molecule has 2 N–H and O–H groups in total. The number of hydrogen-bond donors (Lipinski definition) is 2. The lowest BCUT2D eigenvalue weighted by Gasteiger charge is -2.20. The van der Waals surface area contributed by atoms with E-state index in [2.05, 4.69) is 10.0 Å². The Morgan fingerprint density at radius 2 is 2.00 bits per heavy atom. The summed E-state index contributed by atoms with van der Waals surface area (Å²) in [5.41, 5.74) is 1.22. The van der Waals surface area contributed by atoms with Crippen LogP contribution in [0.25, 0.3) is 0 Å². The fourth-order valence-electron chi connectivity index (χ4n) is 3.85. The Morgan fingerprint density at radius 3 is 2.72 bits per heavy atom. The molecular weight excluding hydrogens is 454 g/mol. The Bertz CT molecular complexity index is 1130. The van der Waals surface area contributed by atoms with Crippen molar-refractivity contribution in [3.63, 3.8) is 0 Å². The minimum Gasteiger partial charge on any atom is -0.377 e. The number of ether oxygens (including phenoxy) is 1. The van der Waals surface area contributed by atoms with E-state index in [4.69, 9.17) is 16.3 Å². The summed E-state index contributed by atoms with van der Waals surface area (Å²) in [6, 6.07) is 11.1. The summed E-state index contributed by atoms with van der Waals surface area (Å²) in [6.07, 6.45) is 2.75. The van der Waals surface area contributed by atoms with Crippen LogP contribution in [0.2, 0.25) is 5.02 Å². The number of anilines is 2. The number of nitrogens with zero attached hydrogens (tertiary/aromatic N) is 1. The van der Waals surface area contributed by atoms with Gasteiger partial charge >= 0.3 is 0 Å². The number of amides is 2. The van der Waals surface area contributed by atoms with E-state index in [0.29, 0.717) is 30.9 Å². The van der Waals surface area contributed by atoms with Gasteiger partial charge in [-0.3, -0.25) is 9.59 Å². The molecule has 2 aromatic carbocycles. The van der Waals surface area contributed by atoms with Crippen LogP contribution in [-0.2, 0) is 19.6 Å². The van der Waals surface area contributed by atoms with Crippen LogP contribution in [-0.4, -0.2) is 46.0 Å². The molecule has 2 saturated heterocycles. The smallest absolute Gasteiger partial charge is 0.255 e. The number of carbonyl (C=O) groups is 2. The highest BCUT2D eigenvalue weighted by atomic mass is 35.5. The van der Waals surface area contributed by atoms with E-state index in [1.807, 2.05) is 0 Å². The Labute approximate surface area is 191 Å². The van der Waals surface area contributed by atoms with Gasteiger partial charge < -0.3 is 15.0 Å². The predicted octanol–water partition coefficient (Wildman–Crippen LogP) is 3.18. The minimum atomic E-state index is -3.93. The third kappa shape index (κ3) is 4.96. The summed E-state index contributed by atoms with van der Waals surface area (Å²) < 4.78 is 33.5. The molecule has 2 fully saturated rings. The van der Waals surface area contributed by atoms with Crippen molar-refractivity contribution in [1.29, 1.82) is 0 Å². The first-order valence-corrected chi connectivity index (χ1v) is 12.3. The number of hydrogen-bond acceptors (Lipinski definition) is 5. The number of nitrogens with one attached hydrogen (secondary N) is 2. The number of benzene rings is 2. The van der Waals surface area contributed by atoms with Crippen molar-refractivity contribution in [1.82, 2.24) is 4.72 Å². The maximum absolute atomic E-state index is 12.9. The highest BCUT2D eigenvalue weighted by molar-refractivity contribution is 7.89. The van der Waals surface area contributed by atoms with E-state index in [1.165, 1.54) is 18.2 Å². The van der Waals surface area contributed by atoms with Crippen LogP contribution in [0.5, 0.6) is 0 Å². The molecule has 32 heavy (non-hydrogen) atoms. The molecule has 8 nitrogen and oxygen atoms in total. The second kappa shape index (κ2) is 9.58. The molecule has 0 aliphatic carbocycles. The molecule has 170 valence electrons. The van der Waals surface area contributed by atoms with Crippen molar-refractivity contribution in [2.75, 3.05) is 29.9 Å². The fourth-order valence-corrected chi connectivity index (χ4v) is 5.44.